The maximum Gasteiger partial charge on any atom is 0.219 e. The van der Waals surface area contributed by atoms with Gasteiger partial charge in [-0.15, -0.1) is 0 Å². The molecule has 0 spiro atoms. The van der Waals surface area contributed by atoms with Crippen molar-refractivity contribution in [3.8, 4) is 0 Å². The van der Waals surface area contributed by atoms with E-state index in [1.54, 1.807) is 6.92 Å². The molecule has 0 aliphatic carbocycles. The summed E-state index contributed by atoms with van der Waals surface area (Å²) >= 11 is 0. The quantitative estimate of drug-likeness (QED) is 0.819. The molecule has 0 saturated carbocycles. The highest BCUT2D eigenvalue weighted by atomic mass is 16.5. The SMILES string of the molecule is CC(=O)N1CCN(c2ccccc2N2CCOCC2)CC1. The molecule has 0 radical (unpaired) electrons. The Morgan fingerprint density at radius 1 is 0.905 bits per heavy atom. The summed E-state index contributed by atoms with van der Waals surface area (Å²) in [5.74, 6) is 0.177. The smallest absolute Gasteiger partial charge is 0.219 e. The molecule has 2 fully saturated rings. The van der Waals surface area contributed by atoms with Crippen LogP contribution in [0.15, 0.2) is 24.3 Å². The zero-order valence-electron chi connectivity index (χ0n) is 12.6. The molecule has 5 nitrogen and oxygen atoms in total. The van der Waals surface area contributed by atoms with Crippen LogP contribution in [0.4, 0.5) is 11.4 Å². The fraction of sp³-hybridized carbons (Fsp3) is 0.562. The highest BCUT2D eigenvalue weighted by molar-refractivity contribution is 5.75. The van der Waals surface area contributed by atoms with Crippen LogP contribution >= 0.6 is 0 Å². The Morgan fingerprint density at radius 3 is 1.95 bits per heavy atom. The van der Waals surface area contributed by atoms with E-state index >= 15 is 0 Å². The summed E-state index contributed by atoms with van der Waals surface area (Å²) in [6, 6.07) is 8.57. The first-order chi connectivity index (χ1) is 10.3. The molecule has 3 rings (SSSR count). The first-order valence-electron chi connectivity index (χ1n) is 7.68. The average molecular weight is 289 g/mol. The Kier molecular flexibility index (Phi) is 4.29. The van der Waals surface area contributed by atoms with Crippen LogP contribution in [0, 0.1) is 0 Å². The van der Waals surface area contributed by atoms with E-state index in [4.69, 9.17) is 4.74 Å². The minimum atomic E-state index is 0.177. The van der Waals surface area contributed by atoms with Crippen LogP contribution in [0.2, 0.25) is 0 Å². The lowest BCUT2D eigenvalue weighted by Crippen LogP contribution is -2.48. The van der Waals surface area contributed by atoms with Crippen LogP contribution in [0.5, 0.6) is 0 Å². The van der Waals surface area contributed by atoms with Gasteiger partial charge in [0.05, 0.1) is 24.6 Å². The van der Waals surface area contributed by atoms with Crippen LogP contribution in [-0.4, -0.2) is 63.3 Å². The van der Waals surface area contributed by atoms with Gasteiger partial charge in [-0.2, -0.15) is 0 Å². The summed E-state index contributed by atoms with van der Waals surface area (Å²) in [6.07, 6.45) is 0. The van der Waals surface area contributed by atoms with Gasteiger partial charge in [-0.3, -0.25) is 4.79 Å². The first kappa shape index (κ1) is 14.2. The normalized spacial score (nSPS) is 19.8. The van der Waals surface area contributed by atoms with Gasteiger partial charge in [0.15, 0.2) is 0 Å². The number of carbonyl (C=O) groups excluding carboxylic acids is 1. The Hall–Kier alpha value is -1.75. The van der Waals surface area contributed by atoms with Crippen molar-refractivity contribution in [3.63, 3.8) is 0 Å². The minimum absolute atomic E-state index is 0.177. The molecule has 2 aliphatic rings. The van der Waals surface area contributed by atoms with Crippen molar-refractivity contribution >= 4 is 17.3 Å². The standard InChI is InChI=1S/C16H23N3O2/c1-14(20)17-6-8-18(9-7-17)15-4-2-3-5-16(15)19-10-12-21-13-11-19/h2-5H,6-13H2,1H3. The van der Waals surface area contributed by atoms with E-state index in [9.17, 15) is 4.79 Å². The zero-order chi connectivity index (χ0) is 14.7. The van der Waals surface area contributed by atoms with Crippen LogP contribution in [0.1, 0.15) is 6.92 Å². The second-order valence-corrected chi connectivity index (χ2v) is 5.58. The molecule has 5 heteroatoms. The number of para-hydroxylation sites is 2. The van der Waals surface area contributed by atoms with E-state index in [0.29, 0.717) is 0 Å². The fourth-order valence-electron chi connectivity index (χ4n) is 3.07. The molecule has 1 amide bonds. The molecule has 1 aromatic carbocycles. The summed E-state index contributed by atoms with van der Waals surface area (Å²) in [5.41, 5.74) is 2.57. The predicted molar refractivity (Wildman–Crippen MR) is 83.9 cm³/mol. The molecule has 0 N–H and O–H groups in total. The van der Waals surface area contributed by atoms with Gasteiger partial charge < -0.3 is 19.4 Å². The van der Waals surface area contributed by atoms with Gasteiger partial charge in [0.1, 0.15) is 0 Å². The van der Waals surface area contributed by atoms with E-state index in [-0.39, 0.29) is 5.91 Å². The van der Waals surface area contributed by atoms with E-state index in [1.807, 2.05) is 4.90 Å². The van der Waals surface area contributed by atoms with Crippen LogP contribution in [0.25, 0.3) is 0 Å². The number of nitrogens with zero attached hydrogens (tertiary/aromatic N) is 3. The maximum absolute atomic E-state index is 11.4. The number of hydrogen-bond donors (Lipinski definition) is 0. The van der Waals surface area contributed by atoms with E-state index in [1.165, 1.54) is 11.4 Å². The summed E-state index contributed by atoms with van der Waals surface area (Å²) in [5, 5.41) is 0. The van der Waals surface area contributed by atoms with Crippen molar-refractivity contribution in [2.45, 2.75) is 6.92 Å². The monoisotopic (exact) mass is 289 g/mol. The molecular weight excluding hydrogens is 266 g/mol. The molecular formula is C16H23N3O2. The molecule has 0 bridgehead atoms. The van der Waals surface area contributed by atoms with Crippen molar-refractivity contribution in [2.75, 3.05) is 62.3 Å². The Morgan fingerprint density at radius 2 is 1.43 bits per heavy atom. The summed E-state index contributed by atoms with van der Waals surface area (Å²) in [7, 11) is 0. The third kappa shape index (κ3) is 3.13. The number of amides is 1. The van der Waals surface area contributed by atoms with Gasteiger partial charge in [-0.25, -0.2) is 0 Å². The maximum atomic E-state index is 11.4. The number of rotatable bonds is 2. The Bertz CT molecular complexity index is 492. The van der Waals surface area contributed by atoms with Gasteiger partial charge in [0.25, 0.3) is 0 Å². The number of carbonyl (C=O) groups is 1. The number of benzene rings is 1. The van der Waals surface area contributed by atoms with Crippen LogP contribution in [-0.2, 0) is 9.53 Å². The Balaban J connectivity index is 1.75. The van der Waals surface area contributed by atoms with Crippen LogP contribution < -0.4 is 9.80 Å². The van der Waals surface area contributed by atoms with Crippen molar-refractivity contribution in [1.82, 2.24) is 4.90 Å². The number of anilines is 2. The van der Waals surface area contributed by atoms with Crippen molar-refractivity contribution < 1.29 is 9.53 Å². The fourth-order valence-corrected chi connectivity index (χ4v) is 3.07. The Labute approximate surface area is 126 Å². The minimum Gasteiger partial charge on any atom is -0.378 e. The highest BCUT2D eigenvalue weighted by Crippen LogP contribution is 2.30. The molecule has 2 aliphatic heterocycles. The van der Waals surface area contributed by atoms with Crippen molar-refractivity contribution in [3.05, 3.63) is 24.3 Å². The van der Waals surface area contributed by atoms with Crippen LogP contribution in [0.3, 0.4) is 0 Å². The van der Waals surface area contributed by atoms with Crippen molar-refractivity contribution in [1.29, 1.82) is 0 Å². The number of ether oxygens (including phenoxy) is 1. The second kappa shape index (κ2) is 6.35. The van der Waals surface area contributed by atoms with E-state index in [0.717, 1.165) is 52.5 Å². The third-order valence-electron chi connectivity index (χ3n) is 4.30. The lowest BCUT2D eigenvalue weighted by atomic mass is 10.2. The first-order valence-corrected chi connectivity index (χ1v) is 7.68. The molecule has 0 aromatic heterocycles. The van der Waals surface area contributed by atoms with Crippen molar-refractivity contribution in [2.24, 2.45) is 0 Å². The molecule has 0 atom stereocenters. The van der Waals surface area contributed by atoms with Gasteiger partial charge in [-0.1, -0.05) is 12.1 Å². The number of hydrogen-bond acceptors (Lipinski definition) is 4. The average Bonchev–Trinajstić information content (AvgIpc) is 2.56. The van der Waals surface area contributed by atoms with E-state index < -0.39 is 0 Å². The number of morpholine rings is 1. The largest absolute Gasteiger partial charge is 0.378 e. The topological polar surface area (TPSA) is 36.0 Å². The molecule has 21 heavy (non-hydrogen) atoms. The van der Waals surface area contributed by atoms with Gasteiger partial charge in [0, 0.05) is 46.2 Å². The zero-order valence-corrected chi connectivity index (χ0v) is 12.6. The summed E-state index contributed by atoms with van der Waals surface area (Å²) < 4.78 is 5.45. The van der Waals surface area contributed by atoms with Gasteiger partial charge in [-0.05, 0) is 12.1 Å². The predicted octanol–water partition coefficient (Wildman–Crippen LogP) is 1.19. The molecule has 0 unspecified atom stereocenters. The molecule has 1 aromatic rings. The summed E-state index contributed by atoms with van der Waals surface area (Å²) in [4.78, 5) is 18.2. The van der Waals surface area contributed by atoms with E-state index in [2.05, 4.69) is 34.1 Å². The molecule has 2 heterocycles. The molecule has 2 saturated heterocycles. The lowest BCUT2D eigenvalue weighted by molar-refractivity contribution is -0.129. The second-order valence-electron chi connectivity index (χ2n) is 5.58. The summed E-state index contributed by atoms with van der Waals surface area (Å²) in [6.45, 7) is 8.58. The van der Waals surface area contributed by atoms with Gasteiger partial charge in [0.2, 0.25) is 5.91 Å². The third-order valence-corrected chi connectivity index (χ3v) is 4.30. The lowest BCUT2D eigenvalue weighted by Gasteiger charge is -2.39. The number of piperazine rings is 1. The molecule has 114 valence electrons. The van der Waals surface area contributed by atoms with Gasteiger partial charge >= 0.3 is 0 Å². The highest BCUT2D eigenvalue weighted by Gasteiger charge is 2.22.